The minimum Gasteiger partial charge on any atom is -0.349 e. The number of nitrogens with zero attached hydrogens (tertiary/aromatic N) is 2. The summed E-state index contributed by atoms with van der Waals surface area (Å²) in [5, 5.41) is 15.7. The molecule has 0 fully saturated rings. The number of aliphatic imine (C=N–C) groups is 1. The molecule has 1 heterocycles. The molecule has 0 radical (unpaired) electrons. The van der Waals surface area contributed by atoms with E-state index < -0.39 is 31.8 Å². The van der Waals surface area contributed by atoms with Gasteiger partial charge in [0.15, 0.2) is 0 Å². The molecule has 0 saturated carbocycles. The van der Waals surface area contributed by atoms with Crippen molar-refractivity contribution < 1.29 is 22.9 Å². The van der Waals surface area contributed by atoms with Crippen molar-refractivity contribution in [3.63, 3.8) is 0 Å². The van der Waals surface area contributed by atoms with E-state index in [1.165, 1.54) is 24.5 Å². The minimum absolute atomic E-state index is 0.135. The van der Waals surface area contributed by atoms with Gasteiger partial charge in [-0.25, -0.2) is 13.1 Å². The summed E-state index contributed by atoms with van der Waals surface area (Å²) in [6, 6.07) is 19.9. The second-order valence-corrected chi connectivity index (χ2v) is 9.71. The van der Waals surface area contributed by atoms with Gasteiger partial charge >= 0.3 is 0 Å². The van der Waals surface area contributed by atoms with Crippen LogP contribution in [0, 0.1) is 22.0 Å². The quantitative estimate of drug-likeness (QED) is 0.251. The average molecular weight is 530 g/mol. The van der Waals surface area contributed by atoms with E-state index in [-0.39, 0.29) is 16.8 Å². The molecule has 2 amide bonds. The monoisotopic (exact) mass is 529 g/mol. The fraction of sp³-hybridized carbons (Fsp3) is 0.0385. The molecule has 38 heavy (non-hydrogen) atoms. The maximum absolute atomic E-state index is 13.2. The van der Waals surface area contributed by atoms with E-state index in [2.05, 4.69) is 27.5 Å². The Bertz CT molecular complexity index is 1610. The van der Waals surface area contributed by atoms with Crippen molar-refractivity contribution in [3.05, 3.63) is 124 Å². The van der Waals surface area contributed by atoms with E-state index in [0.717, 1.165) is 36.0 Å². The molecule has 1 atom stereocenters. The van der Waals surface area contributed by atoms with Crippen LogP contribution < -0.4 is 15.4 Å². The Balaban J connectivity index is 1.52. The summed E-state index contributed by atoms with van der Waals surface area (Å²) in [6.45, 7) is 0. The van der Waals surface area contributed by atoms with E-state index in [9.17, 15) is 28.1 Å². The van der Waals surface area contributed by atoms with Gasteiger partial charge in [-0.2, -0.15) is 0 Å². The van der Waals surface area contributed by atoms with Crippen molar-refractivity contribution in [3.8, 4) is 11.8 Å². The Morgan fingerprint density at radius 1 is 0.868 bits per heavy atom. The molecule has 1 aliphatic heterocycles. The predicted molar refractivity (Wildman–Crippen MR) is 139 cm³/mol. The normalized spacial score (nSPS) is 15.9. The van der Waals surface area contributed by atoms with Crippen molar-refractivity contribution in [1.82, 2.24) is 15.4 Å². The topological polar surface area (TPSA) is 160 Å². The number of hydrogen-bond donors (Lipinski definition) is 3. The second-order valence-electron chi connectivity index (χ2n) is 7.86. The molecule has 12 heteroatoms. The molecule has 3 aromatic rings. The number of nitro groups is 1. The highest BCUT2D eigenvalue weighted by atomic mass is 32.2. The first-order valence-electron chi connectivity index (χ1n) is 11.0. The zero-order valence-electron chi connectivity index (χ0n) is 19.5. The van der Waals surface area contributed by atoms with Gasteiger partial charge in [0.2, 0.25) is 0 Å². The van der Waals surface area contributed by atoms with Gasteiger partial charge in [-0.1, -0.05) is 30.0 Å². The zero-order chi connectivity index (χ0) is 27.2. The number of carbonyl (C=O) groups excluding carboxylic acids is 2. The predicted octanol–water partition coefficient (Wildman–Crippen LogP) is 2.28. The SMILES string of the molecule is O=C(NC1(S(=O)(=O)NC(=O)c2ccc([N+](=O)[O-])cc2)C=NC=CN1)c1ccc(C#Cc2ccccc2)cc1. The molecule has 0 aromatic heterocycles. The Hall–Kier alpha value is -5.28. The average Bonchev–Trinajstić information content (AvgIpc) is 2.93. The van der Waals surface area contributed by atoms with Crippen LogP contribution in [0.25, 0.3) is 0 Å². The Morgan fingerprint density at radius 2 is 1.45 bits per heavy atom. The number of non-ortho nitro benzene ring substituents is 1. The summed E-state index contributed by atoms with van der Waals surface area (Å²) < 4.78 is 28.4. The van der Waals surface area contributed by atoms with Crippen LogP contribution in [-0.4, -0.2) is 36.4 Å². The molecular formula is C26H19N5O6S. The summed E-state index contributed by atoms with van der Waals surface area (Å²) in [5.74, 6) is 4.16. The van der Waals surface area contributed by atoms with Gasteiger partial charge in [-0.05, 0) is 48.5 Å². The Morgan fingerprint density at radius 3 is 2.03 bits per heavy atom. The highest BCUT2D eigenvalue weighted by Gasteiger charge is 2.46. The zero-order valence-corrected chi connectivity index (χ0v) is 20.3. The summed E-state index contributed by atoms with van der Waals surface area (Å²) in [6.07, 6.45) is 3.38. The van der Waals surface area contributed by atoms with Crippen molar-refractivity contribution in [2.45, 2.75) is 4.99 Å². The summed E-state index contributed by atoms with van der Waals surface area (Å²) in [7, 11) is -4.67. The molecular weight excluding hydrogens is 510 g/mol. The maximum Gasteiger partial charge on any atom is 0.284 e. The van der Waals surface area contributed by atoms with E-state index in [0.29, 0.717) is 5.56 Å². The van der Waals surface area contributed by atoms with Gasteiger partial charge in [0.25, 0.3) is 32.5 Å². The summed E-state index contributed by atoms with van der Waals surface area (Å²) >= 11 is 0. The van der Waals surface area contributed by atoms with Crippen LogP contribution in [0.3, 0.4) is 0 Å². The number of carbonyl (C=O) groups is 2. The van der Waals surface area contributed by atoms with Gasteiger partial charge in [0.1, 0.15) is 0 Å². The van der Waals surface area contributed by atoms with Gasteiger partial charge in [-0.15, -0.1) is 0 Å². The fourth-order valence-electron chi connectivity index (χ4n) is 3.28. The van der Waals surface area contributed by atoms with Gasteiger partial charge in [0.05, 0.1) is 11.1 Å². The highest BCUT2D eigenvalue weighted by molar-refractivity contribution is 7.92. The third-order valence-electron chi connectivity index (χ3n) is 5.28. The largest absolute Gasteiger partial charge is 0.349 e. The number of amides is 2. The molecule has 3 aromatic carbocycles. The lowest BCUT2D eigenvalue weighted by atomic mass is 10.1. The molecule has 11 nitrogen and oxygen atoms in total. The molecule has 1 unspecified atom stereocenters. The first-order chi connectivity index (χ1) is 18.2. The summed E-state index contributed by atoms with van der Waals surface area (Å²) in [4.78, 5) is 37.3. The lowest BCUT2D eigenvalue weighted by Gasteiger charge is -2.32. The van der Waals surface area contributed by atoms with E-state index in [1.807, 2.05) is 35.1 Å². The van der Waals surface area contributed by atoms with Crippen LogP contribution in [0.5, 0.6) is 0 Å². The van der Waals surface area contributed by atoms with Crippen molar-refractivity contribution in [1.29, 1.82) is 0 Å². The molecule has 1 aliphatic rings. The highest BCUT2D eigenvalue weighted by Crippen LogP contribution is 2.16. The van der Waals surface area contributed by atoms with Crippen LogP contribution >= 0.6 is 0 Å². The van der Waals surface area contributed by atoms with Gasteiger partial charge < -0.3 is 10.6 Å². The number of nitrogens with one attached hydrogen (secondary N) is 3. The molecule has 0 bridgehead atoms. The molecule has 4 rings (SSSR count). The standard InChI is InChI=1S/C26H19N5O6S/c32-24(21-10-8-20(9-11-21)7-6-19-4-2-1-3-5-19)29-26(18-27-16-17-28-26)38(36,37)30-25(33)22-12-14-23(15-13-22)31(34)35/h1-5,8-18,28H,(H,29,32)(H,30,33). The van der Waals surface area contributed by atoms with Crippen LogP contribution in [-0.2, 0) is 10.0 Å². The van der Waals surface area contributed by atoms with E-state index >= 15 is 0 Å². The van der Waals surface area contributed by atoms with Crippen LogP contribution in [0.2, 0.25) is 0 Å². The van der Waals surface area contributed by atoms with Gasteiger partial charge in [0, 0.05) is 46.8 Å². The van der Waals surface area contributed by atoms with Crippen LogP contribution in [0.1, 0.15) is 31.8 Å². The molecule has 0 spiro atoms. The third-order valence-corrected chi connectivity index (χ3v) is 6.90. The Kier molecular flexibility index (Phi) is 7.31. The first kappa shape index (κ1) is 25.8. The second kappa shape index (κ2) is 10.8. The summed E-state index contributed by atoms with van der Waals surface area (Å²) in [5.41, 5.74) is 1.19. The Labute approximate surface area is 217 Å². The molecule has 3 N–H and O–H groups in total. The lowest BCUT2D eigenvalue weighted by molar-refractivity contribution is -0.384. The smallest absolute Gasteiger partial charge is 0.284 e. The molecule has 0 saturated heterocycles. The van der Waals surface area contributed by atoms with Crippen LogP contribution in [0.4, 0.5) is 5.69 Å². The molecule has 0 aliphatic carbocycles. The maximum atomic E-state index is 13.2. The van der Waals surface area contributed by atoms with Crippen molar-refractivity contribution in [2.24, 2.45) is 4.99 Å². The number of benzene rings is 3. The lowest BCUT2D eigenvalue weighted by Crippen LogP contribution is -2.67. The van der Waals surface area contributed by atoms with Gasteiger partial charge in [-0.3, -0.25) is 24.7 Å². The van der Waals surface area contributed by atoms with Crippen molar-refractivity contribution >= 4 is 33.7 Å². The third kappa shape index (κ3) is 5.75. The van der Waals surface area contributed by atoms with E-state index in [4.69, 9.17) is 0 Å². The number of hydrogen-bond acceptors (Lipinski definition) is 8. The first-order valence-corrected chi connectivity index (χ1v) is 12.5. The minimum atomic E-state index is -4.67. The fourth-order valence-corrected chi connectivity index (χ4v) is 4.45. The van der Waals surface area contributed by atoms with Crippen LogP contribution in [0.15, 0.2) is 96.3 Å². The molecule has 190 valence electrons. The number of sulfonamides is 1. The van der Waals surface area contributed by atoms with Crippen molar-refractivity contribution in [2.75, 3.05) is 0 Å². The van der Waals surface area contributed by atoms with E-state index in [1.54, 1.807) is 12.1 Å². The number of rotatable bonds is 6. The number of nitro benzene ring substituents is 1.